The SMILES string of the molecule is COC(=O)CC(C(=O)C(=O)OC)c1ccccc1. The van der Waals surface area contributed by atoms with Crippen molar-refractivity contribution in [1.82, 2.24) is 0 Å². The number of ketones is 1. The Morgan fingerprint density at radius 1 is 1.06 bits per heavy atom. The normalized spacial score (nSPS) is 11.4. The van der Waals surface area contributed by atoms with Crippen LogP contribution in [0.1, 0.15) is 17.9 Å². The van der Waals surface area contributed by atoms with E-state index in [2.05, 4.69) is 9.47 Å². The lowest BCUT2D eigenvalue weighted by molar-refractivity contribution is -0.153. The molecule has 0 N–H and O–H groups in total. The summed E-state index contributed by atoms with van der Waals surface area (Å²) in [5.41, 5.74) is 0.582. The minimum absolute atomic E-state index is 0.186. The molecule has 0 aliphatic heterocycles. The zero-order chi connectivity index (χ0) is 13.5. The smallest absolute Gasteiger partial charge is 0.374 e. The summed E-state index contributed by atoms with van der Waals surface area (Å²) in [6, 6.07) is 8.58. The lowest BCUT2D eigenvalue weighted by Crippen LogP contribution is -2.25. The average Bonchev–Trinajstić information content (AvgIpc) is 2.43. The van der Waals surface area contributed by atoms with Gasteiger partial charge in [0.2, 0.25) is 5.78 Å². The Morgan fingerprint density at radius 3 is 2.17 bits per heavy atom. The molecule has 0 saturated heterocycles. The van der Waals surface area contributed by atoms with Gasteiger partial charge in [0.05, 0.1) is 26.6 Å². The van der Waals surface area contributed by atoms with E-state index in [1.54, 1.807) is 30.3 Å². The third-order valence-electron chi connectivity index (χ3n) is 2.50. The van der Waals surface area contributed by atoms with E-state index in [0.717, 1.165) is 7.11 Å². The van der Waals surface area contributed by atoms with Crippen LogP contribution in [0.15, 0.2) is 30.3 Å². The van der Waals surface area contributed by atoms with Crippen molar-refractivity contribution >= 4 is 17.7 Å². The van der Waals surface area contributed by atoms with Crippen LogP contribution >= 0.6 is 0 Å². The molecule has 1 unspecified atom stereocenters. The van der Waals surface area contributed by atoms with Gasteiger partial charge in [0, 0.05) is 0 Å². The fraction of sp³-hybridized carbons (Fsp3) is 0.308. The Hall–Kier alpha value is -2.17. The summed E-state index contributed by atoms with van der Waals surface area (Å²) in [4.78, 5) is 34.4. The predicted molar refractivity (Wildman–Crippen MR) is 62.8 cm³/mol. The number of hydrogen-bond donors (Lipinski definition) is 0. The van der Waals surface area contributed by atoms with Crippen LogP contribution in [0, 0.1) is 0 Å². The zero-order valence-electron chi connectivity index (χ0n) is 10.2. The van der Waals surface area contributed by atoms with Crippen molar-refractivity contribution in [2.45, 2.75) is 12.3 Å². The predicted octanol–water partition coefficient (Wildman–Crippen LogP) is 1.08. The van der Waals surface area contributed by atoms with E-state index >= 15 is 0 Å². The van der Waals surface area contributed by atoms with E-state index in [-0.39, 0.29) is 6.42 Å². The molecule has 5 heteroatoms. The van der Waals surface area contributed by atoms with Gasteiger partial charge in [-0.15, -0.1) is 0 Å². The van der Waals surface area contributed by atoms with Crippen LogP contribution in [0.3, 0.4) is 0 Å². The van der Waals surface area contributed by atoms with Gasteiger partial charge in [-0.1, -0.05) is 30.3 Å². The van der Waals surface area contributed by atoms with Crippen LogP contribution in [0.2, 0.25) is 0 Å². The first-order valence-electron chi connectivity index (χ1n) is 5.34. The number of benzene rings is 1. The summed E-state index contributed by atoms with van der Waals surface area (Å²) in [5, 5.41) is 0. The molecule has 0 amide bonds. The van der Waals surface area contributed by atoms with Crippen molar-refractivity contribution in [2.75, 3.05) is 14.2 Å². The summed E-state index contributed by atoms with van der Waals surface area (Å²) in [5.74, 6) is -3.14. The monoisotopic (exact) mass is 250 g/mol. The van der Waals surface area contributed by atoms with E-state index in [4.69, 9.17) is 0 Å². The van der Waals surface area contributed by atoms with E-state index in [1.165, 1.54) is 7.11 Å². The van der Waals surface area contributed by atoms with Gasteiger partial charge in [-0.3, -0.25) is 9.59 Å². The summed E-state index contributed by atoms with van der Waals surface area (Å²) in [6.07, 6.45) is -0.186. The maximum Gasteiger partial charge on any atom is 0.374 e. The second-order valence-corrected chi connectivity index (χ2v) is 3.60. The Morgan fingerprint density at radius 2 is 1.67 bits per heavy atom. The van der Waals surface area contributed by atoms with Crippen LogP contribution in [0.25, 0.3) is 0 Å². The summed E-state index contributed by atoms with van der Waals surface area (Å²) < 4.78 is 8.91. The molecule has 1 aromatic rings. The first kappa shape index (κ1) is 13.9. The van der Waals surface area contributed by atoms with Crippen LogP contribution in [-0.4, -0.2) is 31.9 Å². The average molecular weight is 250 g/mol. The van der Waals surface area contributed by atoms with Crippen LogP contribution in [-0.2, 0) is 23.9 Å². The molecule has 0 aromatic heterocycles. The fourth-order valence-electron chi connectivity index (χ4n) is 1.54. The number of ether oxygens (including phenoxy) is 2. The quantitative estimate of drug-likeness (QED) is 0.577. The molecule has 18 heavy (non-hydrogen) atoms. The summed E-state index contributed by atoms with van der Waals surface area (Å²) in [6.45, 7) is 0. The summed E-state index contributed by atoms with van der Waals surface area (Å²) >= 11 is 0. The first-order chi connectivity index (χ1) is 8.60. The third-order valence-corrected chi connectivity index (χ3v) is 2.50. The second kappa shape index (κ2) is 6.54. The maximum absolute atomic E-state index is 11.8. The molecule has 0 aliphatic carbocycles. The van der Waals surface area contributed by atoms with E-state index in [1.807, 2.05) is 0 Å². The molecule has 0 aliphatic rings. The highest BCUT2D eigenvalue weighted by molar-refractivity contribution is 6.36. The number of rotatable bonds is 5. The van der Waals surface area contributed by atoms with Gasteiger partial charge in [-0.25, -0.2) is 4.79 Å². The lowest BCUT2D eigenvalue weighted by Gasteiger charge is -2.13. The highest BCUT2D eigenvalue weighted by Gasteiger charge is 2.29. The Kier molecular flexibility index (Phi) is 5.05. The van der Waals surface area contributed by atoms with Crippen molar-refractivity contribution in [3.63, 3.8) is 0 Å². The molecule has 0 heterocycles. The van der Waals surface area contributed by atoms with E-state index < -0.39 is 23.6 Å². The second-order valence-electron chi connectivity index (χ2n) is 3.60. The van der Waals surface area contributed by atoms with Crippen LogP contribution < -0.4 is 0 Å². The third kappa shape index (κ3) is 3.41. The van der Waals surface area contributed by atoms with Crippen molar-refractivity contribution in [1.29, 1.82) is 0 Å². The standard InChI is InChI=1S/C13H14O5/c1-17-11(14)8-10(12(15)13(16)18-2)9-6-4-3-5-7-9/h3-7,10H,8H2,1-2H3. The molecule has 0 bridgehead atoms. The molecule has 96 valence electrons. The minimum Gasteiger partial charge on any atom is -0.469 e. The molecular weight excluding hydrogens is 236 g/mol. The van der Waals surface area contributed by atoms with Crippen LogP contribution in [0.4, 0.5) is 0 Å². The molecule has 1 aromatic carbocycles. The molecule has 1 atom stereocenters. The summed E-state index contributed by atoms with van der Waals surface area (Å²) in [7, 11) is 2.35. The molecule has 1 rings (SSSR count). The molecule has 0 spiro atoms. The maximum atomic E-state index is 11.8. The van der Waals surface area contributed by atoms with Gasteiger partial charge in [-0.05, 0) is 5.56 Å². The number of hydrogen-bond acceptors (Lipinski definition) is 5. The Labute approximate surface area is 105 Å². The van der Waals surface area contributed by atoms with Gasteiger partial charge in [0.1, 0.15) is 0 Å². The molecular formula is C13H14O5. The van der Waals surface area contributed by atoms with E-state index in [9.17, 15) is 14.4 Å². The zero-order valence-corrected chi connectivity index (χ0v) is 10.2. The first-order valence-corrected chi connectivity index (χ1v) is 5.34. The lowest BCUT2D eigenvalue weighted by atomic mass is 9.91. The van der Waals surface area contributed by atoms with Crippen LogP contribution in [0.5, 0.6) is 0 Å². The molecule has 5 nitrogen and oxygen atoms in total. The fourth-order valence-corrected chi connectivity index (χ4v) is 1.54. The van der Waals surface area contributed by atoms with Crippen molar-refractivity contribution in [3.05, 3.63) is 35.9 Å². The van der Waals surface area contributed by atoms with Crippen molar-refractivity contribution in [2.24, 2.45) is 0 Å². The van der Waals surface area contributed by atoms with Gasteiger partial charge < -0.3 is 9.47 Å². The topological polar surface area (TPSA) is 69.7 Å². The number of methoxy groups -OCH3 is 2. The molecule has 0 saturated carbocycles. The molecule has 0 radical (unpaired) electrons. The number of esters is 2. The minimum atomic E-state index is -0.965. The van der Waals surface area contributed by atoms with E-state index in [0.29, 0.717) is 5.56 Å². The van der Waals surface area contributed by atoms with Crippen molar-refractivity contribution < 1.29 is 23.9 Å². The highest BCUT2D eigenvalue weighted by Crippen LogP contribution is 2.21. The molecule has 0 fully saturated rings. The van der Waals surface area contributed by atoms with Gasteiger partial charge in [0.15, 0.2) is 0 Å². The number of Topliss-reactive ketones (excluding diaryl/α,β-unsaturated/α-hetero) is 1. The van der Waals surface area contributed by atoms with Gasteiger partial charge >= 0.3 is 11.9 Å². The number of carbonyl (C=O) groups excluding carboxylic acids is 3. The largest absolute Gasteiger partial charge is 0.469 e. The van der Waals surface area contributed by atoms with Crippen molar-refractivity contribution in [3.8, 4) is 0 Å². The highest BCUT2D eigenvalue weighted by atomic mass is 16.5. The number of carbonyl (C=O) groups is 3. The van der Waals surface area contributed by atoms with Gasteiger partial charge in [0.25, 0.3) is 0 Å². The van der Waals surface area contributed by atoms with Gasteiger partial charge in [-0.2, -0.15) is 0 Å². The Bertz CT molecular complexity index is 438. The Balaban J connectivity index is 2.99.